The molecule has 2 heterocycles. The maximum Gasteiger partial charge on any atom is 0.253 e. The van der Waals surface area contributed by atoms with E-state index in [2.05, 4.69) is 20.2 Å². The van der Waals surface area contributed by atoms with E-state index in [4.69, 9.17) is 0 Å². The number of benzene rings is 2. The van der Waals surface area contributed by atoms with Gasteiger partial charge < -0.3 is 15.1 Å². The number of nitrogens with zero attached hydrogens (tertiary/aromatic N) is 4. The molecule has 3 aromatic rings. The minimum absolute atomic E-state index is 0.0153. The average molecular weight is 466 g/mol. The number of nitrogens with one attached hydrogen (secondary N) is 1. The van der Waals surface area contributed by atoms with E-state index in [9.17, 15) is 14.0 Å². The van der Waals surface area contributed by atoms with Crippen LogP contribution >= 0.6 is 11.8 Å². The molecule has 1 saturated heterocycles. The molecule has 0 radical (unpaired) electrons. The SMILES string of the molecule is O=C(CSCc1ccc(C(=O)N2CCN(c3ncccn3)CC2)cc1)Nc1ccc(F)cc1. The molecule has 7 nitrogen and oxygen atoms in total. The van der Waals surface area contributed by atoms with Crippen molar-refractivity contribution in [2.24, 2.45) is 0 Å². The minimum atomic E-state index is -0.339. The number of halogens is 1. The molecule has 0 spiro atoms. The van der Waals surface area contributed by atoms with Crippen LogP contribution in [-0.2, 0) is 10.5 Å². The van der Waals surface area contributed by atoms with Gasteiger partial charge in [-0.1, -0.05) is 12.1 Å². The number of carbonyl (C=O) groups excluding carboxylic acids is 2. The van der Waals surface area contributed by atoms with Crippen molar-refractivity contribution in [2.75, 3.05) is 42.1 Å². The Labute approximate surface area is 196 Å². The van der Waals surface area contributed by atoms with Crippen molar-refractivity contribution in [3.63, 3.8) is 0 Å². The number of aromatic nitrogens is 2. The highest BCUT2D eigenvalue weighted by atomic mass is 32.2. The Morgan fingerprint density at radius 1 is 0.939 bits per heavy atom. The maximum atomic E-state index is 12.9. The molecule has 9 heteroatoms. The fourth-order valence-corrected chi connectivity index (χ4v) is 4.27. The first-order chi connectivity index (χ1) is 16.1. The predicted molar refractivity (Wildman–Crippen MR) is 128 cm³/mol. The first kappa shape index (κ1) is 22.7. The summed E-state index contributed by atoms with van der Waals surface area (Å²) in [5, 5.41) is 2.74. The van der Waals surface area contributed by atoms with Crippen LogP contribution in [0.5, 0.6) is 0 Å². The molecule has 1 N–H and O–H groups in total. The van der Waals surface area contributed by atoms with Gasteiger partial charge in [-0.2, -0.15) is 0 Å². The molecule has 4 rings (SSSR count). The van der Waals surface area contributed by atoms with Crippen LogP contribution in [0, 0.1) is 5.82 Å². The van der Waals surface area contributed by atoms with Gasteiger partial charge in [-0.3, -0.25) is 9.59 Å². The molecule has 170 valence electrons. The van der Waals surface area contributed by atoms with Gasteiger partial charge in [0.1, 0.15) is 5.82 Å². The highest BCUT2D eigenvalue weighted by Crippen LogP contribution is 2.17. The summed E-state index contributed by atoms with van der Waals surface area (Å²) < 4.78 is 12.9. The van der Waals surface area contributed by atoms with Gasteiger partial charge in [0.05, 0.1) is 5.75 Å². The normalized spacial score (nSPS) is 13.6. The maximum absolute atomic E-state index is 12.9. The zero-order valence-electron chi connectivity index (χ0n) is 18.0. The van der Waals surface area contributed by atoms with Crippen LogP contribution in [0.15, 0.2) is 67.0 Å². The Bertz CT molecular complexity index is 1070. The smallest absolute Gasteiger partial charge is 0.253 e. The van der Waals surface area contributed by atoms with Gasteiger partial charge in [-0.15, -0.1) is 11.8 Å². The van der Waals surface area contributed by atoms with Crippen LogP contribution in [0.4, 0.5) is 16.0 Å². The first-order valence-corrected chi connectivity index (χ1v) is 11.8. The number of rotatable bonds is 7. The summed E-state index contributed by atoms with van der Waals surface area (Å²) in [7, 11) is 0. The Kier molecular flexibility index (Phi) is 7.51. The lowest BCUT2D eigenvalue weighted by Crippen LogP contribution is -2.49. The predicted octanol–water partition coefficient (Wildman–Crippen LogP) is 3.45. The molecular weight excluding hydrogens is 441 g/mol. The Hall–Kier alpha value is -3.46. The van der Waals surface area contributed by atoms with Crippen molar-refractivity contribution in [1.29, 1.82) is 0 Å². The van der Waals surface area contributed by atoms with E-state index in [-0.39, 0.29) is 23.4 Å². The summed E-state index contributed by atoms with van der Waals surface area (Å²) in [6.07, 6.45) is 3.44. The van der Waals surface area contributed by atoms with Crippen LogP contribution in [-0.4, -0.2) is 58.6 Å². The van der Waals surface area contributed by atoms with Crippen molar-refractivity contribution >= 4 is 35.2 Å². The minimum Gasteiger partial charge on any atom is -0.337 e. The summed E-state index contributed by atoms with van der Waals surface area (Å²) in [6.45, 7) is 2.64. The van der Waals surface area contributed by atoms with Gasteiger partial charge >= 0.3 is 0 Å². The Morgan fingerprint density at radius 2 is 1.61 bits per heavy atom. The summed E-state index contributed by atoms with van der Waals surface area (Å²) >= 11 is 1.48. The van der Waals surface area contributed by atoms with E-state index in [0.29, 0.717) is 49.1 Å². The van der Waals surface area contributed by atoms with Gasteiger partial charge in [-0.05, 0) is 48.0 Å². The Balaban J connectivity index is 1.21. The molecule has 0 atom stereocenters. The van der Waals surface area contributed by atoms with Gasteiger partial charge in [0.15, 0.2) is 0 Å². The number of amides is 2. The van der Waals surface area contributed by atoms with E-state index in [1.165, 1.54) is 36.0 Å². The van der Waals surface area contributed by atoms with E-state index in [0.717, 1.165) is 5.56 Å². The van der Waals surface area contributed by atoms with Crippen molar-refractivity contribution in [3.8, 4) is 0 Å². The van der Waals surface area contributed by atoms with Crippen molar-refractivity contribution in [3.05, 3.63) is 83.9 Å². The number of hydrogen-bond acceptors (Lipinski definition) is 6. The number of anilines is 2. The monoisotopic (exact) mass is 465 g/mol. The third-order valence-electron chi connectivity index (χ3n) is 5.23. The lowest BCUT2D eigenvalue weighted by atomic mass is 10.1. The molecule has 0 bridgehead atoms. The van der Waals surface area contributed by atoms with Gasteiger partial charge in [0.2, 0.25) is 11.9 Å². The number of piperazine rings is 1. The lowest BCUT2D eigenvalue weighted by Gasteiger charge is -2.34. The number of thioether (sulfide) groups is 1. The zero-order valence-corrected chi connectivity index (χ0v) is 18.8. The molecule has 0 saturated carbocycles. The highest BCUT2D eigenvalue weighted by Gasteiger charge is 2.23. The summed E-state index contributed by atoms with van der Waals surface area (Å²) in [4.78, 5) is 37.3. The Morgan fingerprint density at radius 3 is 2.27 bits per heavy atom. The van der Waals surface area contributed by atoms with Crippen LogP contribution in [0.3, 0.4) is 0 Å². The third-order valence-corrected chi connectivity index (χ3v) is 6.24. The summed E-state index contributed by atoms with van der Waals surface area (Å²) in [6, 6.07) is 15.0. The highest BCUT2D eigenvalue weighted by molar-refractivity contribution is 7.99. The largest absolute Gasteiger partial charge is 0.337 e. The molecule has 33 heavy (non-hydrogen) atoms. The van der Waals surface area contributed by atoms with Crippen molar-refractivity contribution in [1.82, 2.24) is 14.9 Å². The van der Waals surface area contributed by atoms with Crippen LogP contribution < -0.4 is 10.2 Å². The second-order valence-electron chi connectivity index (χ2n) is 7.57. The molecule has 0 unspecified atom stereocenters. The fourth-order valence-electron chi connectivity index (χ4n) is 3.48. The molecule has 0 aliphatic carbocycles. The van der Waals surface area contributed by atoms with E-state index in [1.807, 2.05) is 29.2 Å². The molecule has 1 aliphatic rings. The van der Waals surface area contributed by atoms with Crippen molar-refractivity contribution < 1.29 is 14.0 Å². The molecular formula is C24H24FN5O2S. The van der Waals surface area contributed by atoms with Crippen LogP contribution in [0.25, 0.3) is 0 Å². The number of hydrogen-bond donors (Lipinski definition) is 1. The lowest BCUT2D eigenvalue weighted by molar-refractivity contribution is -0.113. The molecule has 1 aliphatic heterocycles. The van der Waals surface area contributed by atoms with Gasteiger partial charge in [0, 0.05) is 55.6 Å². The third kappa shape index (κ3) is 6.29. The fraction of sp³-hybridized carbons (Fsp3) is 0.250. The van der Waals surface area contributed by atoms with Gasteiger partial charge in [0.25, 0.3) is 5.91 Å². The van der Waals surface area contributed by atoms with E-state index < -0.39 is 0 Å². The summed E-state index contributed by atoms with van der Waals surface area (Å²) in [5.41, 5.74) is 2.27. The molecule has 2 aromatic carbocycles. The zero-order chi connectivity index (χ0) is 23.0. The van der Waals surface area contributed by atoms with E-state index in [1.54, 1.807) is 18.5 Å². The second kappa shape index (κ2) is 10.9. The van der Waals surface area contributed by atoms with Gasteiger partial charge in [-0.25, -0.2) is 14.4 Å². The summed E-state index contributed by atoms with van der Waals surface area (Å²) in [5.74, 6) is 1.17. The molecule has 2 amide bonds. The van der Waals surface area contributed by atoms with Crippen molar-refractivity contribution in [2.45, 2.75) is 5.75 Å². The number of carbonyl (C=O) groups is 2. The van der Waals surface area contributed by atoms with Crippen LogP contribution in [0.2, 0.25) is 0 Å². The van der Waals surface area contributed by atoms with E-state index >= 15 is 0 Å². The standard InChI is InChI=1S/C24H24FN5O2S/c25-20-6-8-21(9-7-20)28-22(31)17-33-16-18-2-4-19(5-3-18)23(32)29-12-14-30(15-13-29)24-26-10-1-11-27-24/h1-11H,12-17H2,(H,28,31). The average Bonchev–Trinajstić information content (AvgIpc) is 2.86. The molecule has 1 fully saturated rings. The molecule has 1 aromatic heterocycles. The second-order valence-corrected chi connectivity index (χ2v) is 8.56. The first-order valence-electron chi connectivity index (χ1n) is 10.6. The topological polar surface area (TPSA) is 78.4 Å². The van der Waals surface area contributed by atoms with Crippen LogP contribution in [0.1, 0.15) is 15.9 Å². The quantitative estimate of drug-likeness (QED) is 0.576.